The van der Waals surface area contributed by atoms with Gasteiger partial charge < -0.3 is 9.15 Å². The quantitative estimate of drug-likeness (QED) is 0.609. The summed E-state index contributed by atoms with van der Waals surface area (Å²) in [4.78, 5) is 18.9. The van der Waals surface area contributed by atoms with Crippen LogP contribution in [0.15, 0.2) is 82.0 Å². The molecule has 3 aromatic rings. The predicted molar refractivity (Wildman–Crippen MR) is 105 cm³/mol. The minimum atomic E-state index is -0.454. The number of halogens is 1. The van der Waals surface area contributed by atoms with Crippen LogP contribution in [0.4, 0.5) is 10.1 Å². The second kappa shape index (κ2) is 7.52. The van der Waals surface area contributed by atoms with Gasteiger partial charge in [0.25, 0.3) is 5.91 Å². The number of furan rings is 1. The van der Waals surface area contributed by atoms with Gasteiger partial charge in [-0.2, -0.15) is 0 Å². The van der Waals surface area contributed by atoms with Crippen molar-refractivity contribution in [3.63, 3.8) is 0 Å². The first-order valence-corrected chi connectivity index (χ1v) is 8.83. The zero-order valence-corrected chi connectivity index (χ0v) is 15.1. The molecule has 0 spiro atoms. The van der Waals surface area contributed by atoms with Gasteiger partial charge in [-0.05, 0) is 55.5 Å². The molecule has 0 aliphatic carbocycles. The van der Waals surface area contributed by atoms with E-state index in [1.165, 1.54) is 23.3 Å². The second-order valence-electron chi connectivity index (χ2n) is 6.03. The molecule has 0 saturated carbocycles. The van der Waals surface area contributed by atoms with Crippen LogP contribution in [0.2, 0.25) is 0 Å². The standard InChI is InChI=1S/C22H17FN2O3/c1-2-27-16-11-9-15(10-12-16)25-21(18-7-3-4-8-19(18)23)24-20(22(25)26)14-17-6-5-13-28-17/h3-14H,2H2,1H3/b20-14+. The first-order chi connectivity index (χ1) is 13.7. The van der Waals surface area contributed by atoms with Crippen LogP contribution >= 0.6 is 0 Å². The van der Waals surface area contributed by atoms with Gasteiger partial charge in [-0.15, -0.1) is 0 Å². The van der Waals surface area contributed by atoms with Gasteiger partial charge >= 0.3 is 0 Å². The van der Waals surface area contributed by atoms with E-state index in [2.05, 4.69) is 4.99 Å². The smallest absolute Gasteiger partial charge is 0.282 e. The van der Waals surface area contributed by atoms with Crippen molar-refractivity contribution in [2.75, 3.05) is 11.5 Å². The minimum absolute atomic E-state index is 0.169. The average molecular weight is 376 g/mol. The van der Waals surface area contributed by atoms with Crippen LogP contribution < -0.4 is 9.64 Å². The SMILES string of the molecule is CCOc1ccc(N2C(=O)/C(=C\c3ccco3)N=C2c2ccccc2F)cc1. The molecule has 4 rings (SSSR count). The topological polar surface area (TPSA) is 55.0 Å². The first-order valence-electron chi connectivity index (χ1n) is 8.83. The van der Waals surface area contributed by atoms with Crippen molar-refractivity contribution < 1.29 is 18.3 Å². The molecule has 0 atom stereocenters. The maximum absolute atomic E-state index is 14.4. The number of hydrogen-bond acceptors (Lipinski definition) is 4. The molecular formula is C22H17FN2O3. The Morgan fingerprint density at radius 1 is 1.11 bits per heavy atom. The number of rotatable bonds is 5. The fourth-order valence-electron chi connectivity index (χ4n) is 2.95. The summed E-state index contributed by atoms with van der Waals surface area (Å²) in [5, 5.41) is 0. The molecule has 6 heteroatoms. The maximum atomic E-state index is 14.4. The highest BCUT2D eigenvalue weighted by Crippen LogP contribution is 2.30. The van der Waals surface area contributed by atoms with E-state index in [4.69, 9.17) is 9.15 Å². The molecule has 1 amide bonds. The van der Waals surface area contributed by atoms with E-state index in [0.29, 0.717) is 23.8 Å². The number of benzene rings is 2. The lowest BCUT2D eigenvalue weighted by Gasteiger charge is -2.19. The van der Waals surface area contributed by atoms with Crippen molar-refractivity contribution in [1.29, 1.82) is 0 Å². The summed E-state index contributed by atoms with van der Waals surface area (Å²) in [5.41, 5.74) is 0.980. The van der Waals surface area contributed by atoms with Crippen LogP contribution in [0.5, 0.6) is 5.75 Å². The lowest BCUT2D eigenvalue weighted by atomic mass is 10.1. The number of nitrogens with zero attached hydrogens (tertiary/aromatic N) is 2. The number of carbonyl (C=O) groups excluding carboxylic acids is 1. The van der Waals surface area contributed by atoms with Gasteiger partial charge in [0.15, 0.2) is 5.84 Å². The molecular weight excluding hydrogens is 359 g/mol. The van der Waals surface area contributed by atoms with Crippen molar-refractivity contribution in [3.8, 4) is 5.75 Å². The Kier molecular flexibility index (Phi) is 4.76. The van der Waals surface area contributed by atoms with Gasteiger partial charge in [-0.25, -0.2) is 9.38 Å². The molecule has 1 aliphatic rings. The zero-order chi connectivity index (χ0) is 19.5. The normalized spacial score (nSPS) is 15.2. The number of carbonyl (C=O) groups is 1. The Morgan fingerprint density at radius 3 is 2.57 bits per heavy atom. The summed E-state index contributed by atoms with van der Waals surface area (Å²) in [6.07, 6.45) is 3.05. The lowest BCUT2D eigenvalue weighted by Crippen LogP contribution is -2.33. The summed E-state index contributed by atoms with van der Waals surface area (Å²) in [5.74, 6) is 0.593. The lowest BCUT2D eigenvalue weighted by molar-refractivity contribution is -0.113. The van der Waals surface area contributed by atoms with Crippen molar-refractivity contribution in [1.82, 2.24) is 0 Å². The number of amides is 1. The van der Waals surface area contributed by atoms with E-state index in [-0.39, 0.29) is 23.0 Å². The van der Waals surface area contributed by atoms with Crippen LogP contribution in [0.25, 0.3) is 6.08 Å². The molecule has 2 aromatic carbocycles. The molecule has 1 aliphatic heterocycles. The van der Waals surface area contributed by atoms with Gasteiger partial charge in [0.2, 0.25) is 0 Å². The fourth-order valence-corrected chi connectivity index (χ4v) is 2.95. The minimum Gasteiger partial charge on any atom is -0.494 e. The highest BCUT2D eigenvalue weighted by atomic mass is 19.1. The van der Waals surface area contributed by atoms with E-state index >= 15 is 0 Å². The Labute approximate surface area is 161 Å². The molecule has 0 unspecified atom stereocenters. The van der Waals surface area contributed by atoms with E-state index in [1.54, 1.807) is 54.6 Å². The van der Waals surface area contributed by atoms with Crippen LogP contribution in [0.1, 0.15) is 18.2 Å². The molecule has 5 nitrogen and oxygen atoms in total. The monoisotopic (exact) mass is 376 g/mol. The molecule has 0 radical (unpaired) electrons. The summed E-state index contributed by atoms with van der Waals surface area (Å²) in [6, 6.07) is 16.7. The van der Waals surface area contributed by atoms with Crippen molar-refractivity contribution in [2.24, 2.45) is 4.99 Å². The molecule has 0 saturated heterocycles. The van der Waals surface area contributed by atoms with Gasteiger partial charge in [0, 0.05) is 6.08 Å². The number of aliphatic imine (C=N–C) groups is 1. The molecule has 1 aromatic heterocycles. The van der Waals surface area contributed by atoms with Gasteiger partial charge in [-0.3, -0.25) is 9.69 Å². The first kappa shape index (κ1) is 17.7. The number of hydrogen-bond donors (Lipinski definition) is 0. The van der Waals surface area contributed by atoms with Crippen LogP contribution in [0.3, 0.4) is 0 Å². The summed E-state index contributed by atoms with van der Waals surface area (Å²) < 4.78 is 25.2. The van der Waals surface area contributed by atoms with E-state index in [9.17, 15) is 9.18 Å². The third-order valence-corrected chi connectivity index (χ3v) is 4.20. The van der Waals surface area contributed by atoms with Crippen LogP contribution in [-0.4, -0.2) is 18.3 Å². The van der Waals surface area contributed by atoms with Crippen LogP contribution in [0, 0.1) is 5.82 Å². The number of anilines is 1. The number of amidine groups is 1. The predicted octanol–water partition coefficient (Wildman–Crippen LogP) is 4.65. The fraction of sp³-hybridized carbons (Fsp3) is 0.0909. The second-order valence-corrected chi connectivity index (χ2v) is 6.03. The molecule has 0 bridgehead atoms. The average Bonchev–Trinajstić information content (AvgIpc) is 3.32. The molecule has 0 N–H and O–H groups in total. The zero-order valence-electron chi connectivity index (χ0n) is 15.1. The Hall–Kier alpha value is -3.67. The van der Waals surface area contributed by atoms with Crippen molar-refractivity contribution in [3.05, 3.63) is 89.8 Å². The van der Waals surface area contributed by atoms with E-state index in [0.717, 1.165) is 0 Å². The Morgan fingerprint density at radius 2 is 1.89 bits per heavy atom. The Balaban J connectivity index is 1.80. The molecule has 2 heterocycles. The molecule has 140 valence electrons. The van der Waals surface area contributed by atoms with Gasteiger partial charge in [0.1, 0.15) is 23.0 Å². The third-order valence-electron chi connectivity index (χ3n) is 4.20. The van der Waals surface area contributed by atoms with E-state index < -0.39 is 5.82 Å². The van der Waals surface area contributed by atoms with Crippen molar-refractivity contribution >= 4 is 23.5 Å². The molecule has 28 heavy (non-hydrogen) atoms. The maximum Gasteiger partial charge on any atom is 0.282 e. The third kappa shape index (κ3) is 3.32. The summed E-state index contributed by atoms with van der Waals surface area (Å²) in [7, 11) is 0. The van der Waals surface area contributed by atoms with Gasteiger partial charge in [0.05, 0.1) is 24.1 Å². The van der Waals surface area contributed by atoms with E-state index in [1.807, 2.05) is 6.92 Å². The Bertz CT molecular complexity index is 1050. The number of ether oxygens (including phenoxy) is 1. The largest absolute Gasteiger partial charge is 0.494 e. The highest BCUT2D eigenvalue weighted by Gasteiger charge is 2.33. The summed E-state index contributed by atoms with van der Waals surface area (Å²) in [6.45, 7) is 2.44. The van der Waals surface area contributed by atoms with Gasteiger partial charge in [-0.1, -0.05) is 12.1 Å². The summed E-state index contributed by atoms with van der Waals surface area (Å²) >= 11 is 0. The van der Waals surface area contributed by atoms with Crippen LogP contribution in [-0.2, 0) is 4.79 Å². The van der Waals surface area contributed by atoms with Crippen molar-refractivity contribution in [2.45, 2.75) is 6.92 Å². The highest BCUT2D eigenvalue weighted by molar-refractivity contribution is 6.33. The molecule has 0 fully saturated rings.